The lowest BCUT2D eigenvalue weighted by Crippen LogP contribution is -2.14. The molecule has 4 nitrogen and oxygen atoms in total. The summed E-state index contributed by atoms with van der Waals surface area (Å²) in [5.74, 6) is 0.391. The molecule has 0 aliphatic carbocycles. The van der Waals surface area contributed by atoms with Crippen molar-refractivity contribution >= 4 is 38.4 Å². The molecule has 0 saturated carbocycles. The van der Waals surface area contributed by atoms with E-state index in [1.54, 1.807) is 12.1 Å². The van der Waals surface area contributed by atoms with Crippen LogP contribution in [0, 0.1) is 12.7 Å². The van der Waals surface area contributed by atoms with Crippen LogP contribution in [0.2, 0.25) is 0 Å². The average molecular weight is 425 g/mol. The van der Waals surface area contributed by atoms with Crippen LogP contribution < -0.4 is 5.32 Å². The normalized spacial score (nSPS) is 10.9. The van der Waals surface area contributed by atoms with Gasteiger partial charge in [0.15, 0.2) is 5.76 Å². The number of amides is 1. The molecule has 0 spiro atoms. The Labute approximate surface area is 163 Å². The first kappa shape index (κ1) is 17.4. The van der Waals surface area contributed by atoms with Gasteiger partial charge in [0.2, 0.25) is 0 Å². The number of furan rings is 1. The first-order chi connectivity index (χ1) is 13.0. The smallest absolute Gasteiger partial charge is 0.256 e. The van der Waals surface area contributed by atoms with Gasteiger partial charge in [-0.15, -0.1) is 0 Å². The lowest BCUT2D eigenvalue weighted by Gasteiger charge is -2.10. The number of carbonyl (C=O) groups excluding carboxylic acids is 1. The number of hydrogen-bond donors (Lipinski definition) is 1. The topological polar surface area (TPSA) is 55.1 Å². The summed E-state index contributed by atoms with van der Waals surface area (Å²) in [4.78, 5) is 17.5. The van der Waals surface area contributed by atoms with Gasteiger partial charge in [0, 0.05) is 9.86 Å². The van der Waals surface area contributed by atoms with Crippen molar-refractivity contribution in [2.24, 2.45) is 0 Å². The van der Waals surface area contributed by atoms with Crippen LogP contribution in [0.5, 0.6) is 0 Å². The predicted molar refractivity (Wildman–Crippen MR) is 106 cm³/mol. The van der Waals surface area contributed by atoms with Gasteiger partial charge in [0.1, 0.15) is 17.3 Å². The molecule has 27 heavy (non-hydrogen) atoms. The Morgan fingerprint density at radius 2 is 1.93 bits per heavy atom. The highest BCUT2D eigenvalue weighted by Crippen LogP contribution is 2.27. The highest BCUT2D eigenvalue weighted by molar-refractivity contribution is 9.10. The second-order valence-corrected chi connectivity index (χ2v) is 6.98. The van der Waals surface area contributed by atoms with E-state index in [-0.39, 0.29) is 5.69 Å². The zero-order valence-corrected chi connectivity index (χ0v) is 15.9. The summed E-state index contributed by atoms with van der Waals surface area (Å²) in [6.45, 7) is 1.84. The van der Waals surface area contributed by atoms with Gasteiger partial charge in [-0.1, -0.05) is 34.1 Å². The Hall–Kier alpha value is -2.99. The second kappa shape index (κ2) is 6.96. The molecule has 1 N–H and O–H groups in total. The summed E-state index contributed by atoms with van der Waals surface area (Å²) < 4.78 is 20.4. The van der Waals surface area contributed by atoms with E-state index in [9.17, 15) is 9.18 Å². The van der Waals surface area contributed by atoms with Gasteiger partial charge in [0.25, 0.3) is 5.91 Å². The van der Waals surface area contributed by atoms with E-state index in [1.807, 2.05) is 43.3 Å². The number of aryl methyl sites for hydroxylation is 1. The van der Waals surface area contributed by atoms with Crippen LogP contribution in [-0.2, 0) is 0 Å². The van der Waals surface area contributed by atoms with Crippen LogP contribution in [0.3, 0.4) is 0 Å². The molecule has 134 valence electrons. The Balaban J connectivity index is 1.80. The Bertz CT molecular complexity index is 1170. The molecule has 0 atom stereocenters. The maximum atomic E-state index is 14.1. The quantitative estimate of drug-likeness (QED) is 0.441. The van der Waals surface area contributed by atoms with Gasteiger partial charge in [0.05, 0.1) is 16.8 Å². The van der Waals surface area contributed by atoms with Gasteiger partial charge < -0.3 is 9.73 Å². The number of nitrogens with one attached hydrogen (secondary N) is 1. The van der Waals surface area contributed by atoms with E-state index in [1.165, 1.54) is 12.1 Å². The van der Waals surface area contributed by atoms with E-state index >= 15 is 0 Å². The summed E-state index contributed by atoms with van der Waals surface area (Å²) in [6.07, 6.45) is 0. The Kier molecular flexibility index (Phi) is 4.49. The number of hydrogen-bond acceptors (Lipinski definition) is 3. The lowest BCUT2D eigenvalue weighted by atomic mass is 10.1. The molecule has 4 aromatic rings. The van der Waals surface area contributed by atoms with Gasteiger partial charge in [-0.25, -0.2) is 9.37 Å². The van der Waals surface area contributed by atoms with Gasteiger partial charge in [-0.05, 0) is 49.4 Å². The van der Waals surface area contributed by atoms with E-state index in [0.717, 1.165) is 5.76 Å². The van der Waals surface area contributed by atoms with Crippen LogP contribution in [0.15, 0.2) is 69.6 Å². The number of nitrogens with zero attached hydrogens (tertiary/aromatic N) is 1. The SMILES string of the molecule is Cc1ccc(-c2cc(C(=O)Nc3ccc(Br)cc3F)c3ccccc3n2)o1. The molecule has 4 rings (SSSR count). The molecule has 0 aliphatic rings. The third-order valence-corrected chi connectivity index (χ3v) is 4.63. The third kappa shape index (κ3) is 3.48. The number of benzene rings is 2. The number of anilines is 1. The number of carbonyl (C=O) groups is 1. The highest BCUT2D eigenvalue weighted by atomic mass is 79.9. The van der Waals surface area contributed by atoms with E-state index in [0.29, 0.717) is 32.4 Å². The number of rotatable bonds is 3. The largest absolute Gasteiger partial charge is 0.460 e. The van der Waals surface area contributed by atoms with Crippen LogP contribution >= 0.6 is 15.9 Å². The maximum Gasteiger partial charge on any atom is 0.256 e. The maximum absolute atomic E-state index is 14.1. The molecule has 1 amide bonds. The molecule has 0 fully saturated rings. The Morgan fingerprint density at radius 3 is 2.67 bits per heavy atom. The zero-order valence-electron chi connectivity index (χ0n) is 14.3. The molecule has 2 aromatic carbocycles. The monoisotopic (exact) mass is 424 g/mol. The number of aromatic nitrogens is 1. The van der Waals surface area contributed by atoms with Crippen LogP contribution in [0.1, 0.15) is 16.1 Å². The predicted octanol–water partition coefficient (Wildman–Crippen LogP) is 5.96. The lowest BCUT2D eigenvalue weighted by molar-refractivity contribution is 0.102. The van der Waals surface area contributed by atoms with Gasteiger partial charge in [-0.3, -0.25) is 4.79 Å². The van der Waals surface area contributed by atoms with Crippen molar-refractivity contribution in [1.29, 1.82) is 0 Å². The second-order valence-electron chi connectivity index (χ2n) is 6.06. The van der Waals surface area contributed by atoms with Crippen molar-refractivity contribution in [2.45, 2.75) is 6.92 Å². The minimum absolute atomic E-state index is 0.111. The zero-order chi connectivity index (χ0) is 19.0. The molecule has 0 saturated heterocycles. The Morgan fingerprint density at radius 1 is 1.11 bits per heavy atom. The first-order valence-electron chi connectivity index (χ1n) is 8.24. The van der Waals surface area contributed by atoms with Crippen LogP contribution in [-0.4, -0.2) is 10.9 Å². The van der Waals surface area contributed by atoms with Gasteiger partial charge in [-0.2, -0.15) is 0 Å². The standard InChI is InChI=1S/C21H14BrFN2O2/c1-12-6-9-20(27-12)19-11-15(14-4-2-3-5-17(14)24-19)21(26)25-18-8-7-13(22)10-16(18)23/h2-11H,1H3,(H,25,26). The number of fused-ring (bicyclic) bond motifs is 1. The van der Waals surface area contributed by atoms with Crippen molar-refractivity contribution in [3.63, 3.8) is 0 Å². The van der Waals surface area contributed by atoms with E-state index in [4.69, 9.17) is 4.42 Å². The highest BCUT2D eigenvalue weighted by Gasteiger charge is 2.16. The third-order valence-electron chi connectivity index (χ3n) is 4.13. The number of halogens is 2. The van der Waals surface area contributed by atoms with Crippen molar-refractivity contribution in [1.82, 2.24) is 4.98 Å². The van der Waals surface area contributed by atoms with Crippen molar-refractivity contribution in [3.8, 4) is 11.5 Å². The van der Waals surface area contributed by atoms with E-state index in [2.05, 4.69) is 26.2 Å². The summed E-state index contributed by atoms with van der Waals surface area (Å²) in [5.41, 5.74) is 1.71. The molecule has 0 unspecified atom stereocenters. The first-order valence-corrected chi connectivity index (χ1v) is 9.03. The van der Waals surface area contributed by atoms with Crippen LogP contribution in [0.25, 0.3) is 22.4 Å². The van der Waals surface area contributed by atoms with E-state index < -0.39 is 11.7 Å². The minimum Gasteiger partial charge on any atom is -0.460 e. The molecular weight excluding hydrogens is 411 g/mol. The molecule has 0 aliphatic heterocycles. The summed E-state index contributed by atoms with van der Waals surface area (Å²) >= 11 is 3.21. The molecular formula is C21H14BrFN2O2. The fourth-order valence-electron chi connectivity index (χ4n) is 2.84. The molecule has 0 bridgehead atoms. The fourth-order valence-corrected chi connectivity index (χ4v) is 3.18. The number of pyridine rings is 1. The molecule has 6 heteroatoms. The molecule has 2 heterocycles. The van der Waals surface area contributed by atoms with Crippen LogP contribution in [0.4, 0.5) is 10.1 Å². The van der Waals surface area contributed by atoms with Crippen molar-refractivity contribution < 1.29 is 13.6 Å². The molecule has 2 aromatic heterocycles. The fraction of sp³-hybridized carbons (Fsp3) is 0.0476. The molecule has 0 radical (unpaired) electrons. The van der Waals surface area contributed by atoms with Crippen molar-refractivity contribution in [2.75, 3.05) is 5.32 Å². The number of para-hydroxylation sites is 1. The van der Waals surface area contributed by atoms with Crippen molar-refractivity contribution in [3.05, 3.63) is 82.3 Å². The van der Waals surface area contributed by atoms with Gasteiger partial charge >= 0.3 is 0 Å². The summed E-state index contributed by atoms with van der Waals surface area (Å²) in [7, 11) is 0. The average Bonchev–Trinajstić information content (AvgIpc) is 3.09. The summed E-state index contributed by atoms with van der Waals surface area (Å²) in [6, 6.07) is 17.1. The summed E-state index contributed by atoms with van der Waals surface area (Å²) in [5, 5.41) is 3.32. The minimum atomic E-state index is -0.516.